The Hall–Kier alpha value is -2.62. The van der Waals surface area contributed by atoms with E-state index in [2.05, 4.69) is 18.8 Å². The van der Waals surface area contributed by atoms with Crippen LogP contribution in [0, 0.1) is 5.92 Å². The SMILES string of the molecule is CC(C)CN(C)C(=O)c1cn2cccc2c(-c2ccccc2)n1. The molecular weight excluding hydrogens is 286 g/mol. The van der Waals surface area contributed by atoms with E-state index in [-0.39, 0.29) is 5.91 Å². The first-order chi connectivity index (χ1) is 11.1. The van der Waals surface area contributed by atoms with Crippen LogP contribution >= 0.6 is 0 Å². The van der Waals surface area contributed by atoms with E-state index < -0.39 is 0 Å². The third-order valence-corrected chi connectivity index (χ3v) is 3.77. The lowest BCUT2D eigenvalue weighted by Crippen LogP contribution is -2.31. The highest BCUT2D eigenvalue weighted by molar-refractivity contribution is 5.93. The Balaban J connectivity index is 2.08. The molecule has 1 aromatic carbocycles. The molecule has 0 radical (unpaired) electrons. The highest BCUT2D eigenvalue weighted by Gasteiger charge is 2.17. The van der Waals surface area contributed by atoms with E-state index in [1.165, 1.54) is 0 Å². The smallest absolute Gasteiger partial charge is 0.273 e. The summed E-state index contributed by atoms with van der Waals surface area (Å²) >= 11 is 0. The first-order valence-corrected chi connectivity index (χ1v) is 7.85. The zero-order chi connectivity index (χ0) is 16.4. The highest BCUT2D eigenvalue weighted by Crippen LogP contribution is 2.23. The van der Waals surface area contributed by atoms with Crippen LogP contribution in [-0.4, -0.2) is 33.8 Å². The van der Waals surface area contributed by atoms with Crippen LogP contribution in [0.4, 0.5) is 0 Å². The molecule has 2 heterocycles. The Morgan fingerprint density at radius 1 is 1.17 bits per heavy atom. The van der Waals surface area contributed by atoms with E-state index in [1.807, 2.05) is 60.1 Å². The van der Waals surface area contributed by atoms with E-state index in [9.17, 15) is 4.79 Å². The second-order valence-corrected chi connectivity index (χ2v) is 6.22. The normalized spacial score (nSPS) is 11.1. The quantitative estimate of drug-likeness (QED) is 0.736. The number of amides is 1. The van der Waals surface area contributed by atoms with Gasteiger partial charge in [0.25, 0.3) is 5.91 Å². The molecule has 0 unspecified atom stereocenters. The van der Waals surface area contributed by atoms with Gasteiger partial charge in [-0.25, -0.2) is 4.98 Å². The molecule has 0 fully saturated rings. The summed E-state index contributed by atoms with van der Waals surface area (Å²) in [5, 5.41) is 0. The first-order valence-electron chi connectivity index (χ1n) is 7.85. The van der Waals surface area contributed by atoms with Crippen LogP contribution in [0.2, 0.25) is 0 Å². The number of hydrogen-bond acceptors (Lipinski definition) is 2. The maximum atomic E-state index is 12.7. The largest absolute Gasteiger partial charge is 0.340 e. The van der Waals surface area contributed by atoms with Gasteiger partial charge in [0.05, 0.1) is 11.2 Å². The molecule has 1 amide bonds. The summed E-state index contributed by atoms with van der Waals surface area (Å²) in [6.07, 6.45) is 3.75. The van der Waals surface area contributed by atoms with Gasteiger partial charge in [0.15, 0.2) is 0 Å². The Bertz CT molecular complexity index is 821. The van der Waals surface area contributed by atoms with Gasteiger partial charge in [-0.15, -0.1) is 0 Å². The maximum Gasteiger partial charge on any atom is 0.273 e. The van der Waals surface area contributed by atoms with Crippen molar-refractivity contribution in [1.82, 2.24) is 14.3 Å². The lowest BCUT2D eigenvalue weighted by Gasteiger charge is -2.19. The zero-order valence-electron chi connectivity index (χ0n) is 13.7. The number of aromatic nitrogens is 2. The van der Waals surface area contributed by atoms with Crippen molar-refractivity contribution in [1.29, 1.82) is 0 Å². The molecule has 0 aliphatic rings. The standard InChI is InChI=1S/C19H21N3O/c1-14(2)12-21(3)19(23)16-13-22-11-7-10-17(22)18(20-16)15-8-5-4-6-9-15/h4-11,13-14H,12H2,1-3H3. The molecule has 0 N–H and O–H groups in total. The molecule has 23 heavy (non-hydrogen) atoms. The molecule has 0 saturated carbocycles. The van der Waals surface area contributed by atoms with Crippen molar-refractivity contribution < 1.29 is 4.79 Å². The van der Waals surface area contributed by atoms with Crippen molar-refractivity contribution in [3.05, 3.63) is 60.6 Å². The maximum absolute atomic E-state index is 12.7. The number of hydrogen-bond donors (Lipinski definition) is 0. The average Bonchev–Trinajstić information content (AvgIpc) is 3.01. The lowest BCUT2D eigenvalue weighted by atomic mass is 10.1. The molecule has 3 rings (SSSR count). The summed E-state index contributed by atoms with van der Waals surface area (Å²) in [6, 6.07) is 14.0. The summed E-state index contributed by atoms with van der Waals surface area (Å²) in [7, 11) is 1.83. The van der Waals surface area contributed by atoms with Gasteiger partial charge in [-0.3, -0.25) is 4.79 Å². The van der Waals surface area contributed by atoms with Gasteiger partial charge < -0.3 is 9.30 Å². The van der Waals surface area contributed by atoms with E-state index >= 15 is 0 Å². The minimum Gasteiger partial charge on any atom is -0.340 e. The van der Waals surface area contributed by atoms with E-state index in [0.717, 1.165) is 16.8 Å². The van der Waals surface area contributed by atoms with Crippen molar-refractivity contribution in [3.8, 4) is 11.3 Å². The van der Waals surface area contributed by atoms with Crippen LogP contribution in [0.5, 0.6) is 0 Å². The molecule has 118 valence electrons. The molecule has 0 saturated heterocycles. The van der Waals surface area contributed by atoms with Crippen LogP contribution in [0.15, 0.2) is 54.9 Å². The second kappa shape index (κ2) is 6.24. The molecular formula is C19H21N3O. The summed E-state index contributed by atoms with van der Waals surface area (Å²) < 4.78 is 1.96. The number of carbonyl (C=O) groups excluding carboxylic acids is 1. The number of nitrogens with zero attached hydrogens (tertiary/aromatic N) is 3. The van der Waals surface area contributed by atoms with Crippen LogP contribution in [-0.2, 0) is 0 Å². The summed E-state index contributed by atoms with van der Waals surface area (Å²) in [6.45, 7) is 4.91. The van der Waals surface area contributed by atoms with Gasteiger partial charge in [0, 0.05) is 31.5 Å². The second-order valence-electron chi connectivity index (χ2n) is 6.22. The van der Waals surface area contributed by atoms with Crippen molar-refractivity contribution in [2.24, 2.45) is 5.92 Å². The fourth-order valence-electron chi connectivity index (χ4n) is 2.78. The molecule has 4 heteroatoms. The average molecular weight is 307 g/mol. The minimum absolute atomic E-state index is 0.0496. The third kappa shape index (κ3) is 3.11. The number of fused-ring (bicyclic) bond motifs is 1. The van der Waals surface area contributed by atoms with Gasteiger partial charge in [0.1, 0.15) is 5.69 Å². The third-order valence-electron chi connectivity index (χ3n) is 3.77. The molecule has 3 aromatic rings. The number of carbonyl (C=O) groups is 1. The van der Waals surface area contributed by atoms with E-state index in [0.29, 0.717) is 18.2 Å². The zero-order valence-corrected chi connectivity index (χ0v) is 13.7. The van der Waals surface area contributed by atoms with Gasteiger partial charge in [-0.1, -0.05) is 44.2 Å². The highest BCUT2D eigenvalue weighted by atomic mass is 16.2. The van der Waals surface area contributed by atoms with Crippen LogP contribution < -0.4 is 0 Å². The Morgan fingerprint density at radius 2 is 1.91 bits per heavy atom. The molecule has 4 nitrogen and oxygen atoms in total. The number of benzene rings is 1. The van der Waals surface area contributed by atoms with E-state index in [1.54, 1.807) is 11.1 Å². The molecule has 0 spiro atoms. The van der Waals surface area contributed by atoms with Crippen molar-refractivity contribution in [2.75, 3.05) is 13.6 Å². The Kier molecular flexibility index (Phi) is 4.15. The molecule has 0 aliphatic heterocycles. The molecule has 2 aromatic heterocycles. The topological polar surface area (TPSA) is 37.6 Å². The molecule has 0 bridgehead atoms. The van der Waals surface area contributed by atoms with Crippen molar-refractivity contribution >= 4 is 11.4 Å². The predicted molar refractivity (Wildman–Crippen MR) is 92.4 cm³/mol. The van der Waals surface area contributed by atoms with Crippen LogP contribution in [0.25, 0.3) is 16.8 Å². The van der Waals surface area contributed by atoms with Crippen LogP contribution in [0.3, 0.4) is 0 Å². The van der Waals surface area contributed by atoms with Crippen LogP contribution in [0.1, 0.15) is 24.3 Å². The summed E-state index contributed by atoms with van der Waals surface area (Å²) in [4.78, 5) is 19.1. The Labute approximate surface area is 136 Å². The first kappa shape index (κ1) is 15.3. The number of rotatable bonds is 4. The van der Waals surface area contributed by atoms with Gasteiger partial charge in [-0.05, 0) is 18.1 Å². The molecule has 0 atom stereocenters. The molecule has 0 aliphatic carbocycles. The monoisotopic (exact) mass is 307 g/mol. The fourth-order valence-corrected chi connectivity index (χ4v) is 2.78. The minimum atomic E-state index is -0.0496. The van der Waals surface area contributed by atoms with Gasteiger partial charge in [0.2, 0.25) is 0 Å². The fraction of sp³-hybridized carbons (Fsp3) is 0.263. The predicted octanol–water partition coefficient (Wildman–Crippen LogP) is 3.73. The lowest BCUT2D eigenvalue weighted by molar-refractivity contribution is 0.0773. The van der Waals surface area contributed by atoms with Gasteiger partial charge in [-0.2, -0.15) is 0 Å². The van der Waals surface area contributed by atoms with Crippen molar-refractivity contribution in [3.63, 3.8) is 0 Å². The summed E-state index contributed by atoms with van der Waals surface area (Å²) in [5.41, 5.74) is 3.31. The summed E-state index contributed by atoms with van der Waals surface area (Å²) in [5.74, 6) is 0.374. The van der Waals surface area contributed by atoms with Crippen molar-refractivity contribution in [2.45, 2.75) is 13.8 Å². The van der Waals surface area contributed by atoms with Gasteiger partial charge >= 0.3 is 0 Å². The Morgan fingerprint density at radius 3 is 2.61 bits per heavy atom. The van der Waals surface area contributed by atoms with E-state index in [4.69, 9.17) is 0 Å².